The largest absolute Gasteiger partial charge is 0.466 e. The van der Waals surface area contributed by atoms with E-state index in [9.17, 15) is 14.3 Å². The lowest BCUT2D eigenvalue weighted by molar-refractivity contribution is -0.144. The highest BCUT2D eigenvalue weighted by atomic mass is 19.1. The van der Waals surface area contributed by atoms with Crippen LogP contribution >= 0.6 is 0 Å². The highest BCUT2D eigenvalue weighted by molar-refractivity contribution is 5.69. The SMILES string of the molecule is CCCCOC(=O)CCC(O)c1ccc(F)cc1. The van der Waals surface area contributed by atoms with Crippen molar-refractivity contribution >= 4 is 5.97 Å². The number of carbonyl (C=O) groups is 1. The third kappa shape index (κ3) is 5.27. The van der Waals surface area contributed by atoms with Crippen LogP contribution in [0.2, 0.25) is 0 Å². The number of carbonyl (C=O) groups excluding carboxylic acids is 1. The average molecular weight is 254 g/mol. The summed E-state index contributed by atoms with van der Waals surface area (Å²) in [4.78, 5) is 11.3. The molecule has 1 unspecified atom stereocenters. The van der Waals surface area contributed by atoms with Crippen molar-refractivity contribution in [3.05, 3.63) is 35.6 Å². The molecule has 18 heavy (non-hydrogen) atoms. The first-order chi connectivity index (χ1) is 8.63. The first-order valence-electron chi connectivity index (χ1n) is 6.22. The predicted molar refractivity (Wildman–Crippen MR) is 66.5 cm³/mol. The fourth-order valence-corrected chi connectivity index (χ4v) is 1.51. The summed E-state index contributed by atoms with van der Waals surface area (Å²) in [5, 5.41) is 9.80. The van der Waals surface area contributed by atoms with Crippen molar-refractivity contribution in [2.24, 2.45) is 0 Å². The van der Waals surface area contributed by atoms with Crippen LogP contribution in [0.3, 0.4) is 0 Å². The van der Waals surface area contributed by atoms with Crippen LogP contribution in [-0.2, 0) is 9.53 Å². The minimum absolute atomic E-state index is 0.169. The van der Waals surface area contributed by atoms with E-state index in [0.29, 0.717) is 12.2 Å². The predicted octanol–water partition coefficient (Wildman–Crippen LogP) is 2.98. The van der Waals surface area contributed by atoms with Gasteiger partial charge in [-0.15, -0.1) is 0 Å². The number of aliphatic hydroxyl groups excluding tert-OH is 1. The van der Waals surface area contributed by atoms with Gasteiger partial charge >= 0.3 is 5.97 Å². The lowest BCUT2D eigenvalue weighted by atomic mass is 10.1. The Morgan fingerprint density at radius 2 is 2.06 bits per heavy atom. The van der Waals surface area contributed by atoms with Gasteiger partial charge in [-0.1, -0.05) is 25.5 Å². The Kier molecular flexibility index (Phi) is 6.36. The molecule has 0 fully saturated rings. The van der Waals surface area contributed by atoms with E-state index >= 15 is 0 Å². The summed E-state index contributed by atoms with van der Waals surface area (Å²) in [5.41, 5.74) is 0.609. The van der Waals surface area contributed by atoms with Crippen LogP contribution in [0.15, 0.2) is 24.3 Å². The fourth-order valence-electron chi connectivity index (χ4n) is 1.51. The first kappa shape index (κ1) is 14.6. The van der Waals surface area contributed by atoms with Crippen molar-refractivity contribution in [1.29, 1.82) is 0 Å². The molecule has 0 aliphatic carbocycles. The summed E-state index contributed by atoms with van der Waals surface area (Å²) in [5.74, 6) is -0.644. The van der Waals surface area contributed by atoms with Gasteiger partial charge in [-0.05, 0) is 30.5 Å². The van der Waals surface area contributed by atoms with Crippen molar-refractivity contribution in [1.82, 2.24) is 0 Å². The molecule has 0 bridgehead atoms. The number of rotatable bonds is 7. The van der Waals surface area contributed by atoms with E-state index in [1.54, 1.807) is 0 Å². The Morgan fingerprint density at radius 1 is 1.39 bits per heavy atom. The van der Waals surface area contributed by atoms with Crippen molar-refractivity contribution < 1.29 is 19.0 Å². The van der Waals surface area contributed by atoms with E-state index in [4.69, 9.17) is 4.74 Å². The van der Waals surface area contributed by atoms with Crippen LogP contribution < -0.4 is 0 Å². The number of esters is 1. The standard InChI is InChI=1S/C14H19FO3/c1-2-3-10-18-14(17)9-8-13(16)11-4-6-12(15)7-5-11/h4-7,13,16H,2-3,8-10H2,1H3. The van der Waals surface area contributed by atoms with Crippen LogP contribution in [0, 0.1) is 5.82 Å². The van der Waals surface area contributed by atoms with Gasteiger partial charge in [0, 0.05) is 6.42 Å². The highest BCUT2D eigenvalue weighted by Gasteiger charge is 2.11. The van der Waals surface area contributed by atoms with E-state index in [0.717, 1.165) is 12.8 Å². The summed E-state index contributed by atoms with van der Waals surface area (Å²) >= 11 is 0. The molecule has 1 N–H and O–H groups in total. The van der Waals surface area contributed by atoms with E-state index in [-0.39, 0.29) is 24.6 Å². The van der Waals surface area contributed by atoms with Gasteiger partial charge in [0.2, 0.25) is 0 Å². The zero-order valence-electron chi connectivity index (χ0n) is 10.6. The third-order valence-corrected chi connectivity index (χ3v) is 2.64. The maximum Gasteiger partial charge on any atom is 0.305 e. The van der Waals surface area contributed by atoms with Gasteiger partial charge in [-0.3, -0.25) is 4.79 Å². The van der Waals surface area contributed by atoms with Gasteiger partial charge in [-0.2, -0.15) is 0 Å². The summed E-state index contributed by atoms with van der Waals surface area (Å²) in [6.45, 7) is 2.45. The Bertz CT molecular complexity index is 362. The lowest BCUT2D eigenvalue weighted by Crippen LogP contribution is -2.08. The molecule has 0 radical (unpaired) electrons. The molecule has 0 heterocycles. The molecule has 0 aliphatic rings. The smallest absolute Gasteiger partial charge is 0.305 e. The molecule has 0 aliphatic heterocycles. The van der Waals surface area contributed by atoms with Gasteiger partial charge < -0.3 is 9.84 Å². The number of benzene rings is 1. The number of hydrogen-bond acceptors (Lipinski definition) is 3. The van der Waals surface area contributed by atoms with Gasteiger partial charge in [0.25, 0.3) is 0 Å². The molecule has 0 aromatic heterocycles. The fraction of sp³-hybridized carbons (Fsp3) is 0.500. The molecule has 1 aromatic rings. The summed E-state index contributed by atoms with van der Waals surface area (Å²) in [6.07, 6.45) is 1.53. The molecule has 0 spiro atoms. The second-order valence-corrected chi connectivity index (χ2v) is 4.18. The Morgan fingerprint density at radius 3 is 2.67 bits per heavy atom. The highest BCUT2D eigenvalue weighted by Crippen LogP contribution is 2.18. The van der Waals surface area contributed by atoms with Crippen LogP contribution in [0.25, 0.3) is 0 Å². The zero-order chi connectivity index (χ0) is 13.4. The molecule has 1 aromatic carbocycles. The molecule has 3 nitrogen and oxygen atoms in total. The van der Waals surface area contributed by atoms with Gasteiger partial charge in [0.15, 0.2) is 0 Å². The Labute approximate surface area is 107 Å². The molecular weight excluding hydrogens is 235 g/mol. The molecule has 100 valence electrons. The third-order valence-electron chi connectivity index (χ3n) is 2.64. The van der Waals surface area contributed by atoms with E-state index in [2.05, 4.69) is 0 Å². The van der Waals surface area contributed by atoms with E-state index in [1.165, 1.54) is 24.3 Å². The van der Waals surface area contributed by atoms with Crippen LogP contribution in [0.4, 0.5) is 4.39 Å². The first-order valence-corrected chi connectivity index (χ1v) is 6.22. The van der Waals surface area contributed by atoms with Crippen molar-refractivity contribution in [3.8, 4) is 0 Å². The number of unbranched alkanes of at least 4 members (excludes halogenated alkanes) is 1. The number of halogens is 1. The van der Waals surface area contributed by atoms with Gasteiger partial charge in [0.1, 0.15) is 5.82 Å². The van der Waals surface area contributed by atoms with Crippen LogP contribution in [0.1, 0.15) is 44.3 Å². The Balaban J connectivity index is 2.30. The second kappa shape index (κ2) is 7.82. The topological polar surface area (TPSA) is 46.5 Å². The van der Waals surface area contributed by atoms with Crippen molar-refractivity contribution in [3.63, 3.8) is 0 Å². The second-order valence-electron chi connectivity index (χ2n) is 4.18. The van der Waals surface area contributed by atoms with Crippen molar-refractivity contribution in [2.45, 2.75) is 38.7 Å². The maximum absolute atomic E-state index is 12.7. The minimum Gasteiger partial charge on any atom is -0.466 e. The van der Waals surface area contributed by atoms with Crippen LogP contribution in [0.5, 0.6) is 0 Å². The molecular formula is C14H19FO3. The molecule has 4 heteroatoms. The lowest BCUT2D eigenvalue weighted by Gasteiger charge is -2.10. The van der Waals surface area contributed by atoms with E-state index in [1.807, 2.05) is 6.92 Å². The molecule has 1 rings (SSSR count). The van der Waals surface area contributed by atoms with Crippen molar-refractivity contribution in [2.75, 3.05) is 6.61 Å². The number of hydrogen-bond donors (Lipinski definition) is 1. The average Bonchev–Trinajstić information content (AvgIpc) is 2.37. The molecule has 0 saturated heterocycles. The molecule has 0 amide bonds. The minimum atomic E-state index is -0.760. The quantitative estimate of drug-likeness (QED) is 0.601. The Hall–Kier alpha value is -1.42. The monoisotopic (exact) mass is 254 g/mol. The van der Waals surface area contributed by atoms with Gasteiger partial charge in [-0.25, -0.2) is 4.39 Å². The summed E-state index contributed by atoms with van der Waals surface area (Å²) < 4.78 is 17.7. The number of aliphatic hydroxyl groups is 1. The molecule has 0 saturated carbocycles. The number of ether oxygens (including phenoxy) is 1. The summed E-state index contributed by atoms with van der Waals surface area (Å²) in [7, 11) is 0. The van der Waals surface area contributed by atoms with Gasteiger partial charge in [0.05, 0.1) is 12.7 Å². The zero-order valence-corrected chi connectivity index (χ0v) is 10.6. The normalized spacial score (nSPS) is 12.2. The van der Waals surface area contributed by atoms with Crippen LogP contribution in [-0.4, -0.2) is 17.7 Å². The summed E-state index contributed by atoms with van der Waals surface area (Å²) in [6, 6.07) is 5.61. The molecule has 1 atom stereocenters. The van der Waals surface area contributed by atoms with E-state index < -0.39 is 6.10 Å². The maximum atomic E-state index is 12.7.